The van der Waals surface area contributed by atoms with E-state index in [1.165, 1.54) is 12.8 Å². The molecule has 0 radical (unpaired) electrons. The first kappa shape index (κ1) is 14.7. The van der Waals surface area contributed by atoms with Crippen LogP contribution < -0.4 is 10.6 Å². The van der Waals surface area contributed by atoms with Gasteiger partial charge >= 0.3 is 0 Å². The fourth-order valence-corrected chi connectivity index (χ4v) is 1.63. The molecule has 0 heterocycles. The molecule has 1 aliphatic rings. The molecule has 1 saturated carbocycles. The summed E-state index contributed by atoms with van der Waals surface area (Å²) in [5.41, 5.74) is 0. The van der Waals surface area contributed by atoms with Crippen LogP contribution in [-0.4, -0.2) is 38.8 Å². The number of likely N-dealkylation sites (N-methyl/N-ethyl adjacent to an activating group) is 1. The molecule has 1 aliphatic carbocycles. The Morgan fingerprint density at radius 1 is 1.33 bits per heavy atom. The van der Waals surface area contributed by atoms with E-state index in [1.54, 1.807) is 0 Å². The van der Waals surface area contributed by atoms with E-state index in [0.29, 0.717) is 12.6 Å². The Bertz CT molecular complexity index is 173. The second-order valence-corrected chi connectivity index (χ2v) is 3.67. The van der Waals surface area contributed by atoms with Crippen molar-refractivity contribution in [3.8, 4) is 0 Å². The van der Waals surface area contributed by atoms with Gasteiger partial charge in [0, 0.05) is 13.1 Å². The Morgan fingerprint density at radius 2 is 2.00 bits per heavy atom. The smallest absolute Gasteiger partial charge is 0.246 e. The lowest BCUT2D eigenvalue weighted by molar-refractivity contribution is -0.127. The zero-order valence-corrected chi connectivity index (χ0v) is 10.1. The Morgan fingerprint density at radius 3 is 2.60 bits per heavy atom. The number of hydrogen-bond acceptors (Lipinski definition) is 3. The summed E-state index contributed by atoms with van der Waals surface area (Å²) in [5.74, 6) is -0.00727. The van der Waals surface area contributed by atoms with Crippen molar-refractivity contribution in [2.24, 2.45) is 0 Å². The summed E-state index contributed by atoms with van der Waals surface area (Å²) in [7, 11) is 1.86. The van der Waals surface area contributed by atoms with Crippen LogP contribution in [0.2, 0.25) is 0 Å². The maximum atomic E-state index is 11.2. The second-order valence-electron chi connectivity index (χ2n) is 3.67. The van der Waals surface area contributed by atoms with Crippen LogP contribution in [0.3, 0.4) is 0 Å². The lowest BCUT2D eigenvalue weighted by atomic mass is 10.3. The van der Waals surface area contributed by atoms with Gasteiger partial charge in [0.2, 0.25) is 5.91 Å². The van der Waals surface area contributed by atoms with Gasteiger partial charge in [0.25, 0.3) is 0 Å². The number of nitrogens with one attached hydrogen (secondary N) is 2. The lowest BCUT2D eigenvalue weighted by Crippen LogP contribution is -2.33. The average molecular weight is 237 g/mol. The van der Waals surface area contributed by atoms with Gasteiger partial charge in [0.1, 0.15) is 6.61 Å². The molecule has 0 bridgehead atoms. The SMILES string of the molecule is CNCCNC(=O)COC1CCCC1.Cl. The Labute approximate surface area is 97.5 Å². The number of carbonyl (C=O) groups is 1. The molecule has 1 amide bonds. The highest BCUT2D eigenvalue weighted by molar-refractivity contribution is 5.85. The molecule has 15 heavy (non-hydrogen) atoms. The summed E-state index contributed by atoms with van der Waals surface area (Å²) >= 11 is 0. The summed E-state index contributed by atoms with van der Waals surface area (Å²) in [6.07, 6.45) is 5.04. The fraction of sp³-hybridized carbons (Fsp3) is 0.900. The summed E-state index contributed by atoms with van der Waals surface area (Å²) < 4.78 is 5.46. The van der Waals surface area contributed by atoms with Gasteiger partial charge in [-0.25, -0.2) is 0 Å². The minimum Gasteiger partial charge on any atom is -0.368 e. The van der Waals surface area contributed by atoms with E-state index in [2.05, 4.69) is 10.6 Å². The quantitative estimate of drug-likeness (QED) is 0.668. The van der Waals surface area contributed by atoms with E-state index in [9.17, 15) is 4.79 Å². The van der Waals surface area contributed by atoms with Crippen LogP contribution in [0, 0.1) is 0 Å². The van der Waals surface area contributed by atoms with Crippen molar-refractivity contribution in [1.82, 2.24) is 10.6 Å². The normalized spacial score (nSPS) is 16.1. The minimum absolute atomic E-state index is 0. The largest absolute Gasteiger partial charge is 0.368 e. The van der Waals surface area contributed by atoms with Crippen molar-refractivity contribution < 1.29 is 9.53 Å². The van der Waals surface area contributed by atoms with Crippen LogP contribution >= 0.6 is 12.4 Å². The second kappa shape index (κ2) is 8.95. The Hall–Kier alpha value is -0.320. The van der Waals surface area contributed by atoms with Gasteiger partial charge in [-0.3, -0.25) is 4.79 Å². The van der Waals surface area contributed by atoms with Crippen molar-refractivity contribution in [2.75, 3.05) is 26.7 Å². The van der Waals surface area contributed by atoms with Crippen molar-refractivity contribution in [2.45, 2.75) is 31.8 Å². The third-order valence-electron chi connectivity index (χ3n) is 2.45. The molecule has 4 nitrogen and oxygen atoms in total. The first-order chi connectivity index (χ1) is 6.83. The molecule has 0 unspecified atom stereocenters. The molecule has 1 rings (SSSR count). The number of halogens is 1. The fourth-order valence-electron chi connectivity index (χ4n) is 1.63. The molecule has 0 aromatic rings. The summed E-state index contributed by atoms with van der Waals surface area (Å²) in [6, 6.07) is 0. The monoisotopic (exact) mass is 236 g/mol. The van der Waals surface area contributed by atoms with Crippen LogP contribution in [0.25, 0.3) is 0 Å². The van der Waals surface area contributed by atoms with Gasteiger partial charge in [-0.05, 0) is 19.9 Å². The summed E-state index contributed by atoms with van der Waals surface area (Å²) in [6.45, 7) is 1.69. The highest BCUT2D eigenvalue weighted by atomic mass is 35.5. The molecular weight excluding hydrogens is 216 g/mol. The molecule has 0 saturated heterocycles. The van der Waals surface area contributed by atoms with E-state index in [0.717, 1.165) is 19.4 Å². The van der Waals surface area contributed by atoms with E-state index < -0.39 is 0 Å². The molecule has 2 N–H and O–H groups in total. The average Bonchev–Trinajstić information content (AvgIpc) is 2.68. The molecule has 90 valence electrons. The third-order valence-corrected chi connectivity index (χ3v) is 2.45. The number of rotatable bonds is 6. The first-order valence-corrected chi connectivity index (χ1v) is 5.36. The third kappa shape index (κ3) is 6.71. The molecule has 0 atom stereocenters. The van der Waals surface area contributed by atoms with Gasteiger partial charge < -0.3 is 15.4 Å². The molecule has 5 heteroatoms. The minimum atomic E-state index is -0.00727. The number of ether oxygens (including phenoxy) is 1. The van der Waals surface area contributed by atoms with E-state index in [4.69, 9.17) is 4.74 Å². The molecule has 0 spiro atoms. The molecule has 1 fully saturated rings. The van der Waals surface area contributed by atoms with Crippen molar-refractivity contribution in [1.29, 1.82) is 0 Å². The summed E-state index contributed by atoms with van der Waals surface area (Å²) in [4.78, 5) is 11.2. The first-order valence-electron chi connectivity index (χ1n) is 5.36. The van der Waals surface area contributed by atoms with E-state index in [1.807, 2.05) is 7.05 Å². The molecule has 0 aliphatic heterocycles. The Kier molecular flexibility index (Phi) is 8.76. The maximum absolute atomic E-state index is 11.2. The van der Waals surface area contributed by atoms with Crippen LogP contribution in [-0.2, 0) is 9.53 Å². The molecule has 0 aromatic heterocycles. The van der Waals surface area contributed by atoms with Gasteiger partial charge in [0.05, 0.1) is 6.10 Å². The predicted octanol–water partition coefficient (Wildman–Crippen LogP) is 0.703. The highest BCUT2D eigenvalue weighted by Crippen LogP contribution is 2.20. The predicted molar refractivity (Wildman–Crippen MR) is 62.4 cm³/mol. The molecular formula is C10H21ClN2O2. The van der Waals surface area contributed by atoms with Gasteiger partial charge in [-0.15, -0.1) is 12.4 Å². The van der Waals surface area contributed by atoms with Crippen LogP contribution in [0.5, 0.6) is 0 Å². The number of carbonyl (C=O) groups excluding carboxylic acids is 1. The van der Waals surface area contributed by atoms with E-state index >= 15 is 0 Å². The van der Waals surface area contributed by atoms with Crippen LogP contribution in [0.4, 0.5) is 0 Å². The summed E-state index contributed by atoms with van der Waals surface area (Å²) in [5, 5.41) is 5.75. The maximum Gasteiger partial charge on any atom is 0.246 e. The van der Waals surface area contributed by atoms with Gasteiger partial charge in [-0.1, -0.05) is 12.8 Å². The van der Waals surface area contributed by atoms with Crippen molar-refractivity contribution in [3.63, 3.8) is 0 Å². The number of hydrogen-bond donors (Lipinski definition) is 2. The molecule has 0 aromatic carbocycles. The lowest BCUT2D eigenvalue weighted by Gasteiger charge is -2.10. The Balaban J connectivity index is 0.00000196. The topological polar surface area (TPSA) is 50.4 Å². The van der Waals surface area contributed by atoms with E-state index in [-0.39, 0.29) is 24.9 Å². The number of amides is 1. The van der Waals surface area contributed by atoms with Gasteiger partial charge in [0.15, 0.2) is 0 Å². The van der Waals surface area contributed by atoms with Crippen molar-refractivity contribution in [3.05, 3.63) is 0 Å². The standard InChI is InChI=1S/C10H20N2O2.ClH/c1-11-6-7-12-10(13)8-14-9-4-2-3-5-9;/h9,11H,2-8H2,1H3,(H,12,13);1H. The van der Waals surface area contributed by atoms with Gasteiger partial charge in [-0.2, -0.15) is 0 Å². The van der Waals surface area contributed by atoms with Crippen molar-refractivity contribution >= 4 is 18.3 Å². The van der Waals surface area contributed by atoms with Crippen LogP contribution in [0.1, 0.15) is 25.7 Å². The zero-order valence-electron chi connectivity index (χ0n) is 9.25. The highest BCUT2D eigenvalue weighted by Gasteiger charge is 2.16. The zero-order chi connectivity index (χ0) is 10.2. The van der Waals surface area contributed by atoms with Crippen LogP contribution in [0.15, 0.2) is 0 Å².